The molecule has 3 aromatic rings. The Morgan fingerprint density at radius 1 is 1.20 bits per heavy atom. The Hall–Kier alpha value is -3.40. The summed E-state index contributed by atoms with van der Waals surface area (Å²) in [4.78, 5) is 12.5. The van der Waals surface area contributed by atoms with E-state index in [1.807, 2.05) is 4.57 Å². The molecule has 156 valence electrons. The predicted molar refractivity (Wildman–Crippen MR) is 110 cm³/mol. The van der Waals surface area contributed by atoms with Gasteiger partial charge in [-0.1, -0.05) is 18.2 Å². The quantitative estimate of drug-likeness (QED) is 0.570. The lowest BCUT2D eigenvalue weighted by molar-refractivity contribution is 0.0949. The molecule has 10 heteroatoms. The van der Waals surface area contributed by atoms with Gasteiger partial charge in [-0.05, 0) is 43.2 Å². The Bertz CT molecular complexity index is 1170. The third kappa shape index (κ3) is 4.28. The summed E-state index contributed by atoms with van der Waals surface area (Å²) in [5, 5.41) is 10.7. The first kappa shape index (κ1) is 19.9. The number of nitrogens with one attached hydrogen (secondary N) is 2. The minimum absolute atomic E-state index is 0.0257. The summed E-state index contributed by atoms with van der Waals surface area (Å²) in [6.07, 6.45) is 3.83. The van der Waals surface area contributed by atoms with Crippen LogP contribution in [0.2, 0.25) is 0 Å². The third-order valence-corrected chi connectivity index (χ3v) is 6.12. The van der Waals surface area contributed by atoms with Crippen molar-refractivity contribution in [2.75, 3.05) is 11.8 Å². The number of amides is 1. The van der Waals surface area contributed by atoms with Crippen molar-refractivity contribution >= 4 is 21.6 Å². The number of ether oxygens (including phenoxy) is 1. The van der Waals surface area contributed by atoms with E-state index in [-0.39, 0.29) is 17.0 Å². The highest BCUT2D eigenvalue weighted by Gasteiger charge is 2.26. The molecule has 0 unspecified atom stereocenters. The van der Waals surface area contributed by atoms with E-state index in [2.05, 4.69) is 20.2 Å². The molecular formula is C20H21N5O4S. The van der Waals surface area contributed by atoms with Gasteiger partial charge in [-0.2, -0.15) is 0 Å². The van der Waals surface area contributed by atoms with Crippen molar-refractivity contribution in [3.8, 4) is 5.75 Å². The van der Waals surface area contributed by atoms with E-state index in [0.717, 1.165) is 12.8 Å². The maximum atomic E-state index is 12.8. The van der Waals surface area contributed by atoms with Crippen LogP contribution in [0.5, 0.6) is 5.75 Å². The molecule has 1 amide bonds. The van der Waals surface area contributed by atoms with Crippen molar-refractivity contribution < 1.29 is 17.9 Å². The van der Waals surface area contributed by atoms with E-state index >= 15 is 0 Å². The van der Waals surface area contributed by atoms with Gasteiger partial charge in [0.25, 0.3) is 15.9 Å². The average molecular weight is 427 g/mol. The molecule has 4 rings (SSSR count). The second kappa shape index (κ2) is 8.15. The number of hydrogen-bond donors (Lipinski definition) is 2. The smallest absolute Gasteiger partial charge is 0.262 e. The number of carbonyl (C=O) groups excluding carboxylic acids is 1. The molecule has 0 aliphatic heterocycles. The molecule has 0 bridgehead atoms. The van der Waals surface area contributed by atoms with Crippen LogP contribution in [0.4, 0.5) is 5.69 Å². The standard InChI is InChI=1S/C20H21N5O4S/c1-29-18-8-3-2-7-17(18)24-30(27,28)16-6-4-5-14(11-16)20(26)21-12-19-23-22-13-25(19)15-9-10-15/h2-8,11,13,15,24H,9-10,12H2,1H3,(H,21,26). The van der Waals surface area contributed by atoms with Gasteiger partial charge in [0, 0.05) is 11.6 Å². The molecule has 1 heterocycles. The number of benzene rings is 2. The first-order chi connectivity index (χ1) is 14.5. The zero-order valence-corrected chi connectivity index (χ0v) is 17.1. The molecular weight excluding hydrogens is 406 g/mol. The summed E-state index contributed by atoms with van der Waals surface area (Å²) >= 11 is 0. The summed E-state index contributed by atoms with van der Waals surface area (Å²) in [6.45, 7) is 0.214. The third-order valence-electron chi connectivity index (χ3n) is 4.75. The SMILES string of the molecule is COc1ccccc1NS(=O)(=O)c1cccc(C(=O)NCc2nncn2C2CC2)c1. The largest absolute Gasteiger partial charge is 0.495 e. The van der Waals surface area contributed by atoms with Crippen LogP contribution in [-0.2, 0) is 16.6 Å². The number of methoxy groups -OCH3 is 1. The average Bonchev–Trinajstić information content (AvgIpc) is 3.49. The van der Waals surface area contributed by atoms with Gasteiger partial charge < -0.3 is 14.6 Å². The first-order valence-corrected chi connectivity index (χ1v) is 10.9. The number of anilines is 1. The molecule has 1 aliphatic carbocycles. The molecule has 2 N–H and O–H groups in total. The number of hydrogen-bond acceptors (Lipinski definition) is 6. The summed E-state index contributed by atoms with van der Waals surface area (Å²) in [5.74, 6) is 0.678. The predicted octanol–water partition coefficient (Wildman–Crippen LogP) is 2.35. The number of para-hydroxylation sites is 2. The van der Waals surface area contributed by atoms with Crippen molar-refractivity contribution in [1.82, 2.24) is 20.1 Å². The zero-order valence-electron chi connectivity index (χ0n) is 16.3. The Morgan fingerprint density at radius 3 is 2.77 bits per heavy atom. The maximum Gasteiger partial charge on any atom is 0.262 e. The Labute approximate surface area is 174 Å². The molecule has 9 nitrogen and oxygen atoms in total. The van der Waals surface area contributed by atoms with Crippen LogP contribution in [-0.4, -0.2) is 36.2 Å². The minimum atomic E-state index is -3.91. The molecule has 2 aromatic carbocycles. The molecule has 0 spiro atoms. The van der Waals surface area contributed by atoms with E-state index in [1.165, 1.54) is 25.3 Å². The van der Waals surface area contributed by atoms with E-state index < -0.39 is 15.9 Å². The van der Waals surface area contributed by atoms with Gasteiger partial charge in [-0.15, -0.1) is 10.2 Å². The van der Waals surface area contributed by atoms with Crippen LogP contribution in [0.3, 0.4) is 0 Å². The van der Waals surface area contributed by atoms with Crippen molar-refractivity contribution in [3.05, 3.63) is 66.2 Å². The normalized spacial score (nSPS) is 13.6. The molecule has 0 saturated heterocycles. The van der Waals surface area contributed by atoms with Gasteiger partial charge in [-0.25, -0.2) is 8.42 Å². The van der Waals surface area contributed by atoms with Crippen LogP contribution in [0, 0.1) is 0 Å². The number of sulfonamides is 1. The second-order valence-corrected chi connectivity index (χ2v) is 8.58. The fraction of sp³-hybridized carbons (Fsp3) is 0.250. The second-order valence-electron chi connectivity index (χ2n) is 6.90. The molecule has 0 atom stereocenters. The fourth-order valence-electron chi connectivity index (χ4n) is 3.05. The molecule has 30 heavy (non-hydrogen) atoms. The highest BCUT2D eigenvalue weighted by Crippen LogP contribution is 2.35. The van der Waals surface area contributed by atoms with Crippen LogP contribution < -0.4 is 14.8 Å². The van der Waals surface area contributed by atoms with Crippen molar-refractivity contribution in [2.24, 2.45) is 0 Å². The Morgan fingerprint density at radius 2 is 2.00 bits per heavy atom. The summed E-state index contributed by atoms with van der Waals surface area (Å²) < 4.78 is 35.2. The molecule has 1 saturated carbocycles. The lowest BCUT2D eigenvalue weighted by Crippen LogP contribution is -2.25. The first-order valence-electron chi connectivity index (χ1n) is 9.40. The lowest BCUT2D eigenvalue weighted by atomic mass is 10.2. The van der Waals surface area contributed by atoms with Gasteiger partial charge >= 0.3 is 0 Å². The van der Waals surface area contributed by atoms with E-state index in [1.54, 1.807) is 36.7 Å². The number of carbonyl (C=O) groups is 1. The van der Waals surface area contributed by atoms with E-state index in [9.17, 15) is 13.2 Å². The minimum Gasteiger partial charge on any atom is -0.495 e. The van der Waals surface area contributed by atoms with Crippen molar-refractivity contribution in [2.45, 2.75) is 30.3 Å². The highest BCUT2D eigenvalue weighted by molar-refractivity contribution is 7.92. The van der Waals surface area contributed by atoms with Gasteiger partial charge in [0.15, 0.2) is 5.82 Å². The van der Waals surface area contributed by atoms with Gasteiger partial charge in [0.1, 0.15) is 12.1 Å². The van der Waals surface area contributed by atoms with Gasteiger partial charge in [-0.3, -0.25) is 9.52 Å². The Balaban J connectivity index is 1.48. The van der Waals surface area contributed by atoms with E-state index in [0.29, 0.717) is 23.3 Å². The monoisotopic (exact) mass is 427 g/mol. The van der Waals surface area contributed by atoms with Crippen LogP contribution >= 0.6 is 0 Å². The van der Waals surface area contributed by atoms with Crippen LogP contribution in [0.1, 0.15) is 35.1 Å². The maximum absolute atomic E-state index is 12.8. The molecule has 1 aromatic heterocycles. The molecule has 1 aliphatic rings. The van der Waals surface area contributed by atoms with Crippen LogP contribution in [0.25, 0.3) is 0 Å². The summed E-state index contributed by atoms with van der Waals surface area (Å²) in [6, 6.07) is 12.9. The summed E-state index contributed by atoms with van der Waals surface area (Å²) in [7, 11) is -2.45. The lowest BCUT2D eigenvalue weighted by Gasteiger charge is -2.12. The van der Waals surface area contributed by atoms with Crippen LogP contribution in [0.15, 0.2) is 59.8 Å². The zero-order chi connectivity index (χ0) is 21.1. The van der Waals surface area contributed by atoms with Gasteiger partial charge in [0.2, 0.25) is 0 Å². The number of nitrogens with zero attached hydrogens (tertiary/aromatic N) is 3. The van der Waals surface area contributed by atoms with Crippen molar-refractivity contribution in [1.29, 1.82) is 0 Å². The number of rotatable bonds is 8. The van der Waals surface area contributed by atoms with Gasteiger partial charge in [0.05, 0.1) is 24.2 Å². The van der Waals surface area contributed by atoms with E-state index in [4.69, 9.17) is 4.74 Å². The molecule has 1 fully saturated rings. The Kier molecular flexibility index (Phi) is 5.40. The highest BCUT2D eigenvalue weighted by atomic mass is 32.2. The summed E-state index contributed by atoms with van der Waals surface area (Å²) in [5.41, 5.74) is 0.546. The van der Waals surface area contributed by atoms with Crippen molar-refractivity contribution in [3.63, 3.8) is 0 Å². The fourth-order valence-corrected chi connectivity index (χ4v) is 4.17. The topological polar surface area (TPSA) is 115 Å². The number of aromatic nitrogens is 3. The molecule has 0 radical (unpaired) electrons.